The van der Waals surface area contributed by atoms with Crippen LogP contribution in [0.5, 0.6) is 0 Å². The van der Waals surface area contributed by atoms with E-state index in [0.717, 1.165) is 0 Å². The zero-order valence-electron chi connectivity index (χ0n) is 12.1. The summed E-state index contributed by atoms with van der Waals surface area (Å²) in [6.07, 6.45) is 0. The Kier molecular flexibility index (Phi) is 4.08. The molecule has 0 amide bonds. The van der Waals surface area contributed by atoms with Gasteiger partial charge in [0.05, 0.1) is 11.1 Å². The van der Waals surface area contributed by atoms with Gasteiger partial charge in [-0.25, -0.2) is 9.59 Å². The fourth-order valence-electron chi connectivity index (χ4n) is 2.44. The van der Waals surface area contributed by atoms with Crippen molar-refractivity contribution in [3.05, 3.63) is 69.8 Å². The minimum Gasteiger partial charge on any atom is -0.478 e. The number of ketones is 1. The maximum absolute atomic E-state index is 12.5. The molecule has 0 heterocycles. The van der Waals surface area contributed by atoms with Crippen LogP contribution in [0, 0.1) is 13.8 Å². The smallest absolute Gasteiger partial charge is 0.336 e. The van der Waals surface area contributed by atoms with E-state index < -0.39 is 11.9 Å². The summed E-state index contributed by atoms with van der Waals surface area (Å²) in [6.45, 7) is 2.93. The molecule has 5 heteroatoms. The molecule has 0 aromatic heterocycles. The van der Waals surface area contributed by atoms with Crippen molar-refractivity contribution in [1.29, 1.82) is 0 Å². The van der Waals surface area contributed by atoms with E-state index in [4.69, 9.17) is 0 Å². The molecule has 0 aliphatic heterocycles. The molecule has 2 N–H and O–H groups in total. The number of rotatable bonds is 4. The topological polar surface area (TPSA) is 91.7 Å². The Hall–Kier alpha value is -2.95. The van der Waals surface area contributed by atoms with Crippen molar-refractivity contribution in [3.8, 4) is 0 Å². The maximum atomic E-state index is 12.5. The lowest BCUT2D eigenvalue weighted by molar-refractivity contribution is 0.0650. The lowest BCUT2D eigenvalue weighted by atomic mass is 9.89. The molecule has 2 aromatic carbocycles. The molecule has 0 bridgehead atoms. The van der Waals surface area contributed by atoms with Crippen molar-refractivity contribution in [2.45, 2.75) is 13.8 Å². The van der Waals surface area contributed by atoms with Crippen molar-refractivity contribution < 1.29 is 24.6 Å². The van der Waals surface area contributed by atoms with Crippen molar-refractivity contribution >= 4 is 17.7 Å². The van der Waals surface area contributed by atoms with Gasteiger partial charge in [0.25, 0.3) is 0 Å². The van der Waals surface area contributed by atoms with Crippen LogP contribution in [-0.2, 0) is 0 Å². The van der Waals surface area contributed by atoms with Crippen LogP contribution in [0.2, 0.25) is 0 Å². The minimum absolute atomic E-state index is 0.157. The molecule has 0 radical (unpaired) electrons. The number of aryl methyl sites for hydroxylation is 1. The van der Waals surface area contributed by atoms with Crippen LogP contribution in [0.15, 0.2) is 36.4 Å². The van der Waals surface area contributed by atoms with Crippen LogP contribution in [0.3, 0.4) is 0 Å². The van der Waals surface area contributed by atoms with Crippen molar-refractivity contribution in [2.24, 2.45) is 0 Å². The lowest BCUT2D eigenvalue weighted by Gasteiger charge is -2.13. The van der Waals surface area contributed by atoms with E-state index in [1.54, 1.807) is 30.3 Å². The van der Waals surface area contributed by atoms with Gasteiger partial charge in [0.15, 0.2) is 5.78 Å². The number of benzene rings is 2. The molecule has 0 saturated carbocycles. The highest BCUT2D eigenvalue weighted by molar-refractivity contribution is 6.13. The van der Waals surface area contributed by atoms with Crippen LogP contribution >= 0.6 is 0 Å². The van der Waals surface area contributed by atoms with E-state index in [0.29, 0.717) is 5.56 Å². The van der Waals surface area contributed by atoms with Gasteiger partial charge in [0.1, 0.15) is 0 Å². The molecule has 0 atom stereocenters. The molecule has 0 aliphatic carbocycles. The molecule has 0 unspecified atom stereocenters. The van der Waals surface area contributed by atoms with Crippen LogP contribution in [0.4, 0.5) is 0 Å². The predicted molar refractivity (Wildman–Crippen MR) is 79.7 cm³/mol. The molecule has 0 aliphatic rings. The van der Waals surface area contributed by atoms with Gasteiger partial charge in [-0.05, 0) is 31.0 Å². The van der Waals surface area contributed by atoms with Gasteiger partial charge in [-0.1, -0.05) is 30.3 Å². The standard InChI is InChI=1S/C17H14O5/c1-9-8-12(15(18)11-6-4-3-5-7-11)10(2)14(17(21)22)13(9)16(19)20/h3-8H,1-2H3,(H,19,20)(H,21,22). The summed E-state index contributed by atoms with van der Waals surface area (Å²) in [5.74, 6) is -3.02. The van der Waals surface area contributed by atoms with Crippen molar-refractivity contribution in [3.63, 3.8) is 0 Å². The average molecular weight is 298 g/mol. The van der Waals surface area contributed by atoms with Gasteiger partial charge in [-0.3, -0.25) is 4.79 Å². The van der Waals surface area contributed by atoms with Gasteiger partial charge in [-0.15, -0.1) is 0 Å². The Labute approximate surface area is 126 Å². The summed E-state index contributed by atoms with van der Waals surface area (Å²) in [6, 6.07) is 9.87. The van der Waals surface area contributed by atoms with Gasteiger partial charge in [0.2, 0.25) is 0 Å². The van der Waals surface area contributed by atoms with Crippen LogP contribution in [0.25, 0.3) is 0 Å². The molecule has 112 valence electrons. The molecule has 22 heavy (non-hydrogen) atoms. The number of carbonyl (C=O) groups is 3. The third kappa shape index (κ3) is 2.61. The number of carboxylic acid groups (broad SMARTS) is 2. The first kappa shape index (κ1) is 15.4. The van der Waals surface area contributed by atoms with E-state index in [2.05, 4.69) is 0 Å². The summed E-state index contributed by atoms with van der Waals surface area (Å²) in [5, 5.41) is 18.5. The third-order valence-electron chi connectivity index (χ3n) is 3.49. The van der Waals surface area contributed by atoms with Gasteiger partial charge >= 0.3 is 11.9 Å². The SMILES string of the molecule is Cc1cc(C(=O)c2ccccc2)c(C)c(C(=O)O)c1C(=O)O. The van der Waals surface area contributed by atoms with Crippen LogP contribution in [-0.4, -0.2) is 27.9 Å². The summed E-state index contributed by atoms with van der Waals surface area (Å²) >= 11 is 0. The fraction of sp³-hybridized carbons (Fsp3) is 0.118. The normalized spacial score (nSPS) is 10.3. The number of aromatic carboxylic acids is 2. The van der Waals surface area contributed by atoms with Gasteiger partial charge in [0, 0.05) is 11.1 Å². The third-order valence-corrected chi connectivity index (χ3v) is 3.49. The van der Waals surface area contributed by atoms with Crippen molar-refractivity contribution in [1.82, 2.24) is 0 Å². The monoisotopic (exact) mass is 298 g/mol. The largest absolute Gasteiger partial charge is 0.478 e. The number of carboxylic acids is 2. The molecular weight excluding hydrogens is 284 g/mol. The Bertz CT molecular complexity index is 775. The number of carbonyl (C=O) groups excluding carboxylic acids is 1. The first-order valence-electron chi connectivity index (χ1n) is 6.55. The molecule has 0 spiro atoms. The Morgan fingerprint density at radius 3 is 1.91 bits per heavy atom. The predicted octanol–water partition coefficient (Wildman–Crippen LogP) is 2.93. The number of hydrogen-bond acceptors (Lipinski definition) is 3. The fourth-order valence-corrected chi connectivity index (χ4v) is 2.44. The summed E-state index contributed by atoms with van der Waals surface area (Å²) < 4.78 is 0. The van der Waals surface area contributed by atoms with Crippen LogP contribution in [0.1, 0.15) is 47.8 Å². The minimum atomic E-state index is -1.36. The second-order valence-electron chi connectivity index (χ2n) is 4.92. The molecule has 5 nitrogen and oxygen atoms in total. The quantitative estimate of drug-likeness (QED) is 0.847. The second kappa shape index (κ2) is 5.81. The highest BCUT2D eigenvalue weighted by Crippen LogP contribution is 2.25. The van der Waals surface area contributed by atoms with Crippen LogP contribution < -0.4 is 0 Å². The zero-order valence-corrected chi connectivity index (χ0v) is 12.1. The van der Waals surface area contributed by atoms with E-state index >= 15 is 0 Å². The molecule has 2 rings (SSSR count). The molecular formula is C17H14O5. The first-order chi connectivity index (χ1) is 10.3. The Morgan fingerprint density at radius 1 is 0.864 bits per heavy atom. The average Bonchev–Trinajstić information content (AvgIpc) is 2.48. The zero-order chi connectivity index (χ0) is 16.4. The van der Waals surface area contributed by atoms with Crippen molar-refractivity contribution in [2.75, 3.05) is 0 Å². The van der Waals surface area contributed by atoms with Gasteiger partial charge in [-0.2, -0.15) is 0 Å². The maximum Gasteiger partial charge on any atom is 0.336 e. The Morgan fingerprint density at radius 2 is 1.41 bits per heavy atom. The lowest BCUT2D eigenvalue weighted by Crippen LogP contribution is -2.16. The highest BCUT2D eigenvalue weighted by Gasteiger charge is 2.25. The van der Waals surface area contributed by atoms with Gasteiger partial charge < -0.3 is 10.2 Å². The summed E-state index contributed by atoms with van der Waals surface area (Å²) in [7, 11) is 0. The van der Waals surface area contributed by atoms with E-state index in [1.165, 1.54) is 19.9 Å². The molecule has 0 saturated heterocycles. The van der Waals surface area contributed by atoms with E-state index in [9.17, 15) is 24.6 Å². The highest BCUT2D eigenvalue weighted by atomic mass is 16.4. The van der Waals surface area contributed by atoms with E-state index in [-0.39, 0.29) is 33.6 Å². The summed E-state index contributed by atoms with van der Waals surface area (Å²) in [5.41, 5.74) is 0.399. The number of hydrogen-bond donors (Lipinski definition) is 2. The summed E-state index contributed by atoms with van der Waals surface area (Å²) in [4.78, 5) is 35.3. The first-order valence-corrected chi connectivity index (χ1v) is 6.55. The van der Waals surface area contributed by atoms with E-state index in [1.807, 2.05) is 0 Å². The Balaban J connectivity index is 2.72. The molecule has 2 aromatic rings. The second-order valence-corrected chi connectivity index (χ2v) is 4.92. The molecule has 0 fully saturated rings.